The fraction of sp³-hybridized carbons (Fsp3) is 0.417. The monoisotopic (exact) mass is 233 g/mol. The lowest BCUT2D eigenvalue weighted by atomic mass is 10.1. The van der Waals surface area contributed by atoms with Crippen molar-refractivity contribution < 1.29 is 9.59 Å². The topological polar surface area (TPSA) is 62.3 Å². The Kier molecular flexibility index (Phi) is 3.08. The van der Waals surface area contributed by atoms with Crippen molar-refractivity contribution in [3.8, 4) is 0 Å². The molecule has 1 saturated heterocycles. The lowest BCUT2D eigenvalue weighted by molar-refractivity contribution is -0.127. The van der Waals surface area contributed by atoms with Crippen molar-refractivity contribution in [3.05, 3.63) is 23.9 Å². The predicted molar refractivity (Wildman–Crippen MR) is 63.3 cm³/mol. The maximum absolute atomic E-state index is 11.9. The molecule has 1 atom stereocenters. The Morgan fingerprint density at radius 3 is 2.88 bits per heavy atom. The highest BCUT2D eigenvalue weighted by Crippen LogP contribution is 2.17. The van der Waals surface area contributed by atoms with Crippen molar-refractivity contribution in [3.63, 3.8) is 0 Å². The predicted octanol–water partition coefficient (Wildman–Crippen LogP) is 0.807. The van der Waals surface area contributed by atoms with Gasteiger partial charge in [0.25, 0.3) is 0 Å². The van der Waals surface area contributed by atoms with Crippen LogP contribution in [0.4, 0.5) is 5.82 Å². The third-order valence-corrected chi connectivity index (χ3v) is 2.85. The molecular formula is C12H15N3O2. The van der Waals surface area contributed by atoms with E-state index < -0.39 is 0 Å². The largest absolute Gasteiger partial charge is 0.345 e. The number of amides is 2. The molecule has 0 bridgehead atoms. The molecular weight excluding hydrogens is 218 g/mol. The highest BCUT2D eigenvalue weighted by atomic mass is 16.2. The first-order valence-corrected chi connectivity index (χ1v) is 5.55. The van der Waals surface area contributed by atoms with Crippen LogP contribution in [-0.2, 0) is 9.59 Å². The van der Waals surface area contributed by atoms with Crippen LogP contribution in [0.3, 0.4) is 0 Å². The molecule has 1 N–H and O–H groups in total. The van der Waals surface area contributed by atoms with Gasteiger partial charge in [-0.1, -0.05) is 6.07 Å². The van der Waals surface area contributed by atoms with Gasteiger partial charge in [-0.15, -0.1) is 0 Å². The Balaban J connectivity index is 2.00. The summed E-state index contributed by atoms with van der Waals surface area (Å²) in [7, 11) is 1.71. The number of rotatable bonds is 2. The van der Waals surface area contributed by atoms with Gasteiger partial charge in [0, 0.05) is 25.7 Å². The Bertz CT molecular complexity index is 459. The molecule has 17 heavy (non-hydrogen) atoms. The minimum absolute atomic E-state index is 0.0161. The van der Waals surface area contributed by atoms with Crippen LogP contribution in [0.15, 0.2) is 18.2 Å². The maximum atomic E-state index is 11.9. The van der Waals surface area contributed by atoms with Crippen LogP contribution >= 0.6 is 0 Å². The molecule has 1 aromatic rings. The number of hydrogen-bond acceptors (Lipinski definition) is 3. The quantitative estimate of drug-likeness (QED) is 0.822. The van der Waals surface area contributed by atoms with Gasteiger partial charge in [-0.2, -0.15) is 0 Å². The number of carbonyl (C=O) groups is 2. The van der Waals surface area contributed by atoms with Crippen LogP contribution in [-0.4, -0.2) is 35.3 Å². The second kappa shape index (κ2) is 4.53. The summed E-state index contributed by atoms with van der Waals surface area (Å²) in [5, 5.41) is 2.74. The molecule has 1 aliphatic rings. The number of anilines is 1. The molecule has 5 nitrogen and oxygen atoms in total. The van der Waals surface area contributed by atoms with Gasteiger partial charge in [0.05, 0.1) is 5.92 Å². The van der Waals surface area contributed by atoms with Gasteiger partial charge in [-0.3, -0.25) is 9.59 Å². The number of carbonyl (C=O) groups excluding carboxylic acids is 2. The first-order valence-electron chi connectivity index (χ1n) is 5.55. The minimum Gasteiger partial charge on any atom is -0.345 e. The zero-order valence-corrected chi connectivity index (χ0v) is 9.93. The summed E-state index contributed by atoms with van der Waals surface area (Å²) >= 11 is 0. The normalized spacial score (nSPS) is 19.5. The molecule has 0 aliphatic carbocycles. The van der Waals surface area contributed by atoms with Gasteiger partial charge < -0.3 is 10.2 Å². The Hall–Kier alpha value is -1.91. The van der Waals surface area contributed by atoms with E-state index in [4.69, 9.17) is 0 Å². The van der Waals surface area contributed by atoms with Gasteiger partial charge in [-0.25, -0.2) is 4.98 Å². The average Bonchev–Trinajstić information content (AvgIpc) is 2.59. The molecule has 1 aromatic heterocycles. The van der Waals surface area contributed by atoms with E-state index in [2.05, 4.69) is 10.3 Å². The third-order valence-electron chi connectivity index (χ3n) is 2.85. The van der Waals surface area contributed by atoms with Crippen molar-refractivity contribution in [2.45, 2.75) is 13.3 Å². The number of aryl methyl sites for hydroxylation is 1. The van der Waals surface area contributed by atoms with E-state index in [0.717, 1.165) is 5.69 Å². The Morgan fingerprint density at radius 1 is 1.53 bits per heavy atom. The molecule has 5 heteroatoms. The SMILES string of the molecule is Cc1cccc(NC(=O)C2CC(=O)N(C)C2)n1. The number of aromatic nitrogens is 1. The molecule has 0 radical (unpaired) electrons. The summed E-state index contributed by atoms with van der Waals surface area (Å²) in [5.41, 5.74) is 0.849. The van der Waals surface area contributed by atoms with Crippen LogP contribution in [0, 0.1) is 12.8 Å². The highest BCUT2D eigenvalue weighted by molar-refractivity contribution is 5.96. The fourth-order valence-corrected chi connectivity index (χ4v) is 1.88. The number of hydrogen-bond donors (Lipinski definition) is 1. The van der Waals surface area contributed by atoms with Crippen LogP contribution < -0.4 is 5.32 Å². The molecule has 0 spiro atoms. The van der Waals surface area contributed by atoms with Crippen molar-refractivity contribution in [1.82, 2.24) is 9.88 Å². The van der Waals surface area contributed by atoms with E-state index in [1.54, 1.807) is 18.0 Å². The summed E-state index contributed by atoms with van der Waals surface area (Å²) in [5.74, 6) is 0.148. The summed E-state index contributed by atoms with van der Waals surface area (Å²) < 4.78 is 0. The molecule has 2 rings (SSSR count). The lowest BCUT2D eigenvalue weighted by Gasteiger charge is -2.10. The Morgan fingerprint density at radius 2 is 2.29 bits per heavy atom. The summed E-state index contributed by atoms with van der Waals surface area (Å²) in [4.78, 5) is 29.0. The van der Waals surface area contributed by atoms with Crippen molar-refractivity contribution in [2.24, 2.45) is 5.92 Å². The molecule has 0 saturated carbocycles. The molecule has 1 fully saturated rings. The fourth-order valence-electron chi connectivity index (χ4n) is 1.88. The highest BCUT2D eigenvalue weighted by Gasteiger charge is 2.32. The molecule has 0 aromatic carbocycles. The standard InChI is InChI=1S/C12H15N3O2/c1-8-4-3-5-10(13-8)14-12(17)9-6-11(16)15(2)7-9/h3-5,9H,6-7H2,1-2H3,(H,13,14,17). The van der Waals surface area contributed by atoms with Crippen molar-refractivity contribution >= 4 is 17.6 Å². The van der Waals surface area contributed by atoms with Gasteiger partial charge in [-0.05, 0) is 19.1 Å². The van der Waals surface area contributed by atoms with Crippen molar-refractivity contribution in [1.29, 1.82) is 0 Å². The van der Waals surface area contributed by atoms with E-state index in [-0.39, 0.29) is 24.2 Å². The zero-order valence-electron chi connectivity index (χ0n) is 9.93. The van der Waals surface area contributed by atoms with E-state index in [9.17, 15) is 9.59 Å². The first-order chi connectivity index (χ1) is 8.06. The second-order valence-corrected chi connectivity index (χ2v) is 4.33. The van der Waals surface area contributed by atoms with E-state index in [1.165, 1.54) is 0 Å². The second-order valence-electron chi connectivity index (χ2n) is 4.33. The van der Waals surface area contributed by atoms with Crippen LogP contribution in [0.1, 0.15) is 12.1 Å². The van der Waals surface area contributed by atoms with E-state index in [1.807, 2.05) is 19.1 Å². The maximum Gasteiger partial charge on any atom is 0.230 e. The number of likely N-dealkylation sites (tertiary alicyclic amines) is 1. The molecule has 90 valence electrons. The van der Waals surface area contributed by atoms with Crippen LogP contribution in [0.5, 0.6) is 0 Å². The van der Waals surface area contributed by atoms with Gasteiger partial charge in [0.1, 0.15) is 5.82 Å². The summed E-state index contributed by atoms with van der Waals surface area (Å²) in [6.07, 6.45) is 0.286. The minimum atomic E-state index is -0.269. The van der Waals surface area contributed by atoms with Gasteiger partial charge in [0.2, 0.25) is 11.8 Å². The summed E-state index contributed by atoms with van der Waals surface area (Å²) in [6, 6.07) is 5.44. The van der Waals surface area contributed by atoms with Gasteiger partial charge in [0.15, 0.2) is 0 Å². The lowest BCUT2D eigenvalue weighted by Crippen LogP contribution is -2.26. The number of nitrogens with one attached hydrogen (secondary N) is 1. The molecule has 2 amide bonds. The number of pyridine rings is 1. The smallest absolute Gasteiger partial charge is 0.230 e. The molecule has 1 unspecified atom stereocenters. The zero-order chi connectivity index (χ0) is 12.4. The average molecular weight is 233 g/mol. The van der Waals surface area contributed by atoms with Gasteiger partial charge >= 0.3 is 0 Å². The number of nitrogens with zero attached hydrogens (tertiary/aromatic N) is 2. The van der Waals surface area contributed by atoms with E-state index >= 15 is 0 Å². The van der Waals surface area contributed by atoms with E-state index in [0.29, 0.717) is 12.4 Å². The van der Waals surface area contributed by atoms with Crippen LogP contribution in [0.2, 0.25) is 0 Å². The Labute approximate surface area is 99.8 Å². The van der Waals surface area contributed by atoms with Crippen molar-refractivity contribution in [2.75, 3.05) is 18.9 Å². The molecule has 2 heterocycles. The first kappa shape index (κ1) is 11.6. The molecule has 1 aliphatic heterocycles. The third kappa shape index (κ3) is 2.61. The summed E-state index contributed by atoms with van der Waals surface area (Å²) in [6.45, 7) is 2.35. The van der Waals surface area contributed by atoms with Crippen LogP contribution in [0.25, 0.3) is 0 Å².